The number of aromatic nitrogens is 3. The quantitative estimate of drug-likeness (QED) is 0.317. The molecular weight excluding hydrogens is 416 g/mol. The summed E-state index contributed by atoms with van der Waals surface area (Å²) in [6.45, 7) is 6.68. The summed E-state index contributed by atoms with van der Waals surface area (Å²) in [5.41, 5.74) is 11.5. The van der Waals surface area contributed by atoms with Crippen LogP contribution in [0, 0.1) is 6.92 Å². The molecule has 33 heavy (non-hydrogen) atoms. The second-order valence-corrected chi connectivity index (χ2v) is 8.67. The molecule has 2 aromatic carbocycles. The minimum Gasteiger partial charge on any atom is -0.466 e. The lowest BCUT2D eigenvalue weighted by Gasteiger charge is -2.17. The van der Waals surface area contributed by atoms with Crippen LogP contribution in [-0.4, -0.2) is 26.3 Å². The number of carbonyl (C=O) groups is 1. The lowest BCUT2D eigenvalue weighted by atomic mass is 10.1. The van der Waals surface area contributed by atoms with E-state index in [1.54, 1.807) is 22.1 Å². The van der Waals surface area contributed by atoms with Gasteiger partial charge in [0, 0.05) is 35.9 Å². The summed E-state index contributed by atoms with van der Waals surface area (Å²) >= 11 is 0. The summed E-state index contributed by atoms with van der Waals surface area (Å²) in [6, 6.07) is 11.5. The van der Waals surface area contributed by atoms with Crippen LogP contribution in [0.5, 0.6) is 0 Å². The van der Waals surface area contributed by atoms with Crippen molar-refractivity contribution in [2.24, 2.45) is 7.05 Å². The second-order valence-electron chi connectivity index (χ2n) is 8.67. The molecule has 0 amide bonds. The first-order chi connectivity index (χ1) is 15.8. The van der Waals surface area contributed by atoms with E-state index in [2.05, 4.69) is 36.7 Å². The molecule has 4 aromatic rings. The highest BCUT2D eigenvalue weighted by Gasteiger charge is 2.24. The minimum absolute atomic E-state index is 0.135. The molecule has 2 heterocycles. The van der Waals surface area contributed by atoms with Crippen LogP contribution in [0.15, 0.2) is 47.4 Å². The van der Waals surface area contributed by atoms with Crippen LogP contribution in [0.2, 0.25) is 0 Å². The molecule has 0 bridgehead atoms. The van der Waals surface area contributed by atoms with Crippen molar-refractivity contribution in [1.29, 1.82) is 0 Å². The highest BCUT2D eigenvalue weighted by atomic mass is 16.5. The molecule has 0 spiro atoms. The summed E-state index contributed by atoms with van der Waals surface area (Å²) in [6.07, 6.45) is 3.80. The van der Waals surface area contributed by atoms with Crippen LogP contribution in [0.1, 0.15) is 50.3 Å². The Morgan fingerprint density at radius 2 is 1.91 bits per heavy atom. The van der Waals surface area contributed by atoms with Gasteiger partial charge < -0.3 is 15.0 Å². The summed E-state index contributed by atoms with van der Waals surface area (Å²) in [5, 5.41) is 1.16. The molecule has 2 N–H and O–H groups in total. The third-order valence-corrected chi connectivity index (χ3v) is 6.31. The first-order valence-corrected chi connectivity index (χ1v) is 11.5. The summed E-state index contributed by atoms with van der Waals surface area (Å²) < 4.78 is 10.8. The summed E-state index contributed by atoms with van der Waals surface area (Å²) in [5.74, 6) is -0.288. The number of esters is 1. The molecule has 174 valence electrons. The first kappa shape index (κ1) is 22.7. The third-order valence-electron chi connectivity index (χ3n) is 6.31. The van der Waals surface area contributed by atoms with Crippen molar-refractivity contribution in [2.75, 3.05) is 12.3 Å². The lowest BCUT2D eigenvalue weighted by Crippen LogP contribution is -2.29. The minimum atomic E-state index is -0.288. The SMILES string of the molecule is CCCC(CC(=O)OCC)n1c(=O)n(Cc2cn(C)c3cccc(C)c23)c2cc(N)ccc21. The number of carbonyl (C=O) groups excluding carboxylic acids is 1. The molecule has 0 saturated heterocycles. The van der Waals surface area contributed by atoms with E-state index in [1.807, 2.05) is 25.2 Å². The summed E-state index contributed by atoms with van der Waals surface area (Å²) in [4.78, 5) is 26.1. The normalized spacial score (nSPS) is 12.5. The molecule has 0 aliphatic carbocycles. The van der Waals surface area contributed by atoms with E-state index in [4.69, 9.17) is 10.5 Å². The number of nitrogens with zero attached hydrogens (tertiary/aromatic N) is 3. The molecule has 0 aliphatic rings. The van der Waals surface area contributed by atoms with E-state index >= 15 is 0 Å². The molecule has 7 heteroatoms. The second kappa shape index (κ2) is 9.17. The Hall–Kier alpha value is -3.48. The number of nitrogen functional groups attached to an aromatic ring is 1. The van der Waals surface area contributed by atoms with Crippen molar-refractivity contribution in [3.63, 3.8) is 0 Å². The molecule has 0 saturated carbocycles. The van der Waals surface area contributed by atoms with E-state index in [1.165, 1.54) is 5.56 Å². The number of benzene rings is 2. The molecule has 4 rings (SSSR count). The number of ether oxygens (including phenoxy) is 1. The lowest BCUT2D eigenvalue weighted by molar-refractivity contribution is -0.144. The predicted octanol–water partition coefficient (Wildman–Crippen LogP) is 4.53. The van der Waals surface area contributed by atoms with Crippen molar-refractivity contribution >= 4 is 33.6 Å². The Bertz CT molecular complexity index is 1380. The number of rotatable bonds is 8. The maximum Gasteiger partial charge on any atom is 0.329 e. The van der Waals surface area contributed by atoms with E-state index in [0.717, 1.165) is 33.9 Å². The Kier molecular flexibility index (Phi) is 6.31. The molecule has 7 nitrogen and oxygen atoms in total. The average molecular weight is 449 g/mol. The van der Waals surface area contributed by atoms with Crippen LogP contribution in [-0.2, 0) is 23.1 Å². The van der Waals surface area contributed by atoms with Crippen molar-refractivity contribution in [3.8, 4) is 0 Å². The van der Waals surface area contributed by atoms with Gasteiger partial charge >= 0.3 is 11.7 Å². The van der Waals surface area contributed by atoms with Gasteiger partial charge in [0.2, 0.25) is 0 Å². The van der Waals surface area contributed by atoms with Crippen LogP contribution in [0.25, 0.3) is 21.9 Å². The van der Waals surface area contributed by atoms with Crippen LogP contribution < -0.4 is 11.4 Å². The van der Waals surface area contributed by atoms with Crippen molar-refractivity contribution in [3.05, 3.63) is 64.2 Å². The van der Waals surface area contributed by atoms with Gasteiger partial charge in [-0.1, -0.05) is 25.5 Å². The topological polar surface area (TPSA) is 84.2 Å². The standard InChI is InChI=1S/C26H32N4O3/c1-5-8-20(14-24(31)33-6-2)30-21-12-11-19(27)13-23(21)29(26(30)32)16-18-15-28(4)22-10-7-9-17(3)25(18)22/h7,9-13,15,20H,5-6,8,14,16,27H2,1-4H3. The third kappa shape index (κ3) is 4.15. The van der Waals surface area contributed by atoms with Gasteiger partial charge in [-0.15, -0.1) is 0 Å². The highest BCUT2D eigenvalue weighted by molar-refractivity contribution is 5.87. The van der Waals surface area contributed by atoms with Gasteiger partial charge in [0.05, 0.1) is 30.6 Å². The van der Waals surface area contributed by atoms with Crippen molar-refractivity contribution in [2.45, 2.75) is 52.6 Å². The van der Waals surface area contributed by atoms with Crippen LogP contribution >= 0.6 is 0 Å². The average Bonchev–Trinajstić information content (AvgIpc) is 3.23. The molecule has 2 aromatic heterocycles. The number of nitrogens with two attached hydrogens (primary N) is 1. The fourth-order valence-electron chi connectivity index (χ4n) is 4.89. The fraction of sp³-hybridized carbons (Fsp3) is 0.385. The zero-order chi connectivity index (χ0) is 23.7. The largest absolute Gasteiger partial charge is 0.466 e. The Morgan fingerprint density at radius 3 is 2.64 bits per heavy atom. The fourth-order valence-corrected chi connectivity index (χ4v) is 4.89. The molecule has 1 unspecified atom stereocenters. The van der Waals surface area contributed by atoms with Gasteiger partial charge in [0.15, 0.2) is 0 Å². The number of imidazole rings is 1. The van der Waals surface area contributed by atoms with Gasteiger partial charge in [0.25, 0.3) is 0 Å². The number of hydrogen-bond donors (Lipinski definition) is 1. The first-order valence-electron chi connectivity index (χ1n) is 11.5. The molecule has 0 fully saturated rings. The Morgan fingerprint density at radius 1 is 1.12 bits per heavy atom. The number of anilines is 1. The van der Waals surface area contributed by atoms with E-state index in [-0.39, 0.29) is 24.1 Å². The molecule has 0 radical (unpaired) electrons. The zero-order valence-electron chi connectivity index (χ0n) is 19.8. The van der Waals surface area contributed by atoms with E-state index < -0.39 is 0 Å². The molecular formula is C26H32N4O3. The Labute approximate surface area is 193 Å². The van der Waals surface area contributed by atoms with Gasteiger partial charge in [-0.25, -0.2) is 4.79 Å². The number of hydrogen-bond acceptors (Lipinski definition) is 4. The molecule has 1 atom stereocenters. The van der Waals surface area contributed by atoms with Gasteiger partial charge in [-0.2, -0.15) is 0 Å². The number of aryl methyl sites for hydroxylation is 2. The van der Waals surface area contributed by atoms with Gasteiger partial charge in [0.1, 0.15) is 0 Å². The highest BCUT2D eigenvalue weighted by Crippen LogP contribution is 2.28. The van der Waals surface area contributed by atoms with Crippen LogP contribution in [0.3, 0.4) is 0 Å². The maximum atomic E-state index is 13.8. The summed E-state index contributed by atoms with van der Waals surface area (Å²) in [7, 11) is 2.02. The predicted molar refractivity (Wildman–Crippen MR) is 133 cm³/mol. The smallest absolute Gasteiger partial charge is 0.329 e. The Balaban J connectivity index is 1.88. The van der Waals surface area contributed by atoms with E-state index in [0.29, 0.717) is 25.3 Å². The van der Waals surface area contributed by atoms with Crippen molar-refractivity contribution in [1.82, 2.24) is 13.7 Å². The van der Waals surface area contributed by atoms with Crippen molar-refractivity contribution < 1.29 is 9.53 Å². The monoisotopic (exact) mass is 448 g/mol. The van der Waals surface area contributed by atoms with Crippen LogP contribution in [0.4, 0.5) is 5.69 Å². The molecule has 0 aliphatic heterocycles. The maximum absolute atomic E-state index is 13.8. The number of fused-ring (bicyclic) bond motifs is 2. The zero-order valence-corrected chi connectivity index (χ0v) is 19.8. The van der Waals surface area contributed by atoms with E-state index in [9.17, 15) is 9.59 Å². The van der Waals surface area contributed by atoms with Gasteiger partial charge in [-0.3, -0.25) is 13.9 Å². The van der Waals surface area contributed by atoms with Gasteiger partial charge in [-0.05, 0) is 55.7 Å².